The van der Waals surface area contributed by atoms with E-state index in [4.69, 9.17) is 0 Å². The van der Waals surface area contributed by atoms with Crippen LogP contribution in [0.25, 0.3) is 0 Å². The summed E-state index contributed by atoms with van der Waals surface area (Å²) in [6.45, 7) is 13.1. The van der Waals surface area contributed by atoms with Crippen LogP contribution in [0, 0.1) is 0 Å². The molecule has 0 spiro atoms. The van der Waals surface area contributed by atoms with Gasteiger partial charge in [0.2, 0.25) is 0 Å². The molecule has 0 saturated carbocycles. The average Bonchev–Trinajstić information content (AvgIpc) is 2.66. The molecule has 0 fully saturated rings. The lowest BCUT2D eigenvalue weighted by Crippen LogP contribution is -2.10. The summed E-state index contributed by atoms with van der Waals surface area (Å²) in [6, 6.07) is 8.76. The van der Waals surface area contributed by atoms with E-state index in [1.807, 2.05) is 0 Å². The van der Waals surface area contributed by atoms with Gasteiger partial charge in [0.05, 0.1) is 5.54 Å². The molecule has 2 rings (SSSR count). The van der Waals surface area contributed by atoms with Gasteiger partial charge in [-0.3, -0.25) is 4.99 Å². The summed E-state index contributed by atoms with van der Waals surface area (Å²) < 4.78 is 0. The van der Waals surface area contributed by atoms with Gasteiger partial charge in [0.1, 0.15) is 0 Å². The van der Waals surface area contributed by atoms with E-state index in [1.165, 1.54) is 27.8 Å². The van der Waals surface area contributed by atoms with Crippen LogP contribution in [0.5, 0.6) is 0 Å². The van der Waals surface area contributed by atoms with Gasteiger partial charge in [-0.05, 0) is 58.2 Å². The van der Waals surface area contributed by atoms with Gasteiger partial charge < -0.3 is 0 Å². The molecule has 0 saturated heterocycles. The quantitative estimate of drug-likeness (QED) is 0.651. The van der Waals surface area contributed by atoms with Crippen molar-refractivity contribution in [1.82, 2.24) is 0 Å². The van der Waals surface area contributed by atoms with Gasteiger partial charge in [0.25, 0.3) is 0 Å². The van der Waals surface area contributed by atoms with Gasteiger partial charge in [-0.1, -0.05) is 41.5 Å². The Balaban J connectivity index is 2.29. The second-order valence-corrected chi connectivity index (χ2v) is 7.02. The molecular formula is C20H27N. The molecule has 1 unspecified atom stereocenters. The minimum atomic E-state index is 0.00516. The van der Waals surface area contributed by atoms with Gasteiger partial charge in [0, 0.05) is 18.6 Å². The Kier molecular flexibility index (Phi) is 4.51. The minimum absolute atomic E-state index is 0.00516. The molecule has 0 heterocycles. The maximum absolute atomic E-state index is 4.62. The topological polar surface area (TPSA) is 12.4 Å². The lowest BCUT2D eigenvalue weighted by Gasteiger charge is -2.16. The maximum Gasteiger partial charge on any atom is 0.0520 e. The van der Waals surface area contributed by atoms with Gasteiger partial charge in [0.15, 0.2) is 0 Å². The van der Waals surface area contributed by atoms with E-state index in [2.05, 4.69) is 83.1 Å². The van der Waals surface area contributed by atoms with Crippen LogP contribution in [0.3, 0.4) is 0 Å². The van der Waals surface area contributed by atoms with Crippen LogP contribution < -0.4 is 0 Å². The lowest BCUT2D eigenvalue weighted by atomic mass is 9.89. The van der Waals surface area contributed by atoms with E-state index in [-0.39, 0.29) is 5.54 Å². The third-order valence-corrected chi connectivity index (χ3v) is 4.25. The summed E-state index contributed by atoms with van der Waals surface area (Å²) in [7, 11) is 0. The highest BCUT2D eigenvalue weighted by Gasteiger charge is 2.21. The molecule has 1 aliphatic rings. The van der Waals surface area contributed by atoms with Gasteiger partial charge in [-0.2, -0.15) is 0 Å². The molecule has 0 amide bonds. The summed E-state index contributed by atoms with van der Waals surface area (Å²) >= 11 is 0. The van der Waals surface area contributed by atoms with E-state index in [0.29, 0.717) is 5.92 Å². The molecule has 0 aliphatic heterocycles. The number of hydrogen-bond donors (Lipinski definition) is 0. The van der Waals surface area contributed by atoms with Crippen LogP contribution in [0.15, 0.2) is 52.1 Å². The molecule has 1 heteroatoms. The smallest absolute Gasteiger partial charge is 0.0520 e. The Hall–Kier alpha value is -1.63. The van der Waals surface area contributed by atoms with Crippen molar-refractivity contribution in [2.45, 2.75) is 59.4 Å². The van der Waals surface area contributed by atoms with Crippen molar-refractivity contribution in [3.05, 3.63) is 58.2 Å². The first-order chi connectivity index (χ1) is 9.79. The predicted octanol–water partition coefficient (Wildman–Crippen LogP) is 5.48. The van der Waals surface area contributed by atoms with Crippen molar-refractivity contribution < 1.29 is 0 Å². The SMILES string of the molecule is CC1=CC(c2ccccc2CC=NC(C)(C)C)C(C)=C1C. The highest BCUT2D eigenvalue weighted by molar-refractivity contribution is 5.64. The highest BCUT2D eigenvalue weighted by atomic mass is 14.8. The van der Waals surface area contributed by atoms with Crippen molar-refractivity contribution in [2.75, 3.05) is 0 Å². The van der Waals surface area contributed by atoms with E-state index in [1.54, 1.807) is 0 Å². The van der Waals surface area contributed by atoms with Crippen LogP contribution in [0.2, 0.25) is 0 Å². The van der Waals surface area contributed by atoms with Crippen LogP contribution >= 0.6 is 0 Å². The molecule has 0 N–H and O–H groups in total. The minimum Gasteiger partial charge on any atom is -0.291 e. The summed E-state index contributed by atoms with van der Waals surface area (Å²) in [5, 5.41) is 0. The van der Waals surface area contributed by atoms with E-state index < -0.39 is 0 Å². The van der Waals surface area contributed by atoms with Crippen LogP contribution in [0.1, 0.15) is 58.6 Å². The second-order valence-electron chi connectivity index (χ2n) is 7.02. The van der Waals surface area contributed by atoms with Gasteiger partial charge in [-0.15, -0.1) is 0 Å². The number of allylic oxidation sites excluding steroid dienone is 4. The highest BCUT2D eigenvalue weighted by Crippen LogP contribution is 2.38. The molecule has 1 aliphatic carbocycles. The molecule has 0 bridgehead atoms. The molecular weight excluding hydrogens is 254 g/mol. The fourth-order valence-electron chi connectivity index (χ4n) is 2.81. The zero-order valence-electron chi connectivity index (χ0n) is 14.2. The van der Waals surface area contributed by atoms with Crippen molar-refractivity contribution in [2.24, 2.45) is 4.99 Å². The molecule has 1 aromatic rings. The predicted molar refractivity (Wildman–Crippen MR) is 93.3 cm³/mol. The van der Waals surface area contributed by atoms with Crippen LogP contribution in [-0.2, 0) is 6.42 Å². The van der Waals surface area contributed by atoms with Gasteiger partial charge in [-0.25, -0.2) is 0 Å². The van der Waals surface area contributed by atoms with E-state index >= 15 is 0 Å². The third kappa shape index (κ3) is 3.72. The lowest BCUT2D eigenvalue weighted by molar-refractivity contribution is 0.585. The number of nitrogens with zero attached hydrogens (tertiary/aromatic N) is 1. The molecule has 0 aromatic heterocycles. The van der Waals surface area contributed by atoms with E-state index in [0.717, 1.165) is 6.42 Å². The van der Waals surface area contributed by atoms with Crippen molar-refractivity contribution >= 4 is 6.21 Å². The maximum atomic E-state index is 4.62. The first-order valence-electron chi connectivity index (χ1n) is 7.77. The normalized spacial score (nSPS) is 19.5. The summed E-state index contributed by atoms with van der Waals surface area (Å²) in [4.78, 5) is 4.62. The number of hydrogen-bond acceptors (Lipinski definition) is 1. The number of benzene rings is 1. The van der Waals surface area contributed by atoms with Crippen molar-refractivity contribution in [1.29, 1.82) is 0 Å². The zero-order valence-corrected chi connectivity index (χ0v) is 14.2. The molecule has 0 radical (unpaired) electrons. The average molecular weight is 281 g/mol. The largest absolute Gasteiger partial charge is 0.291 e. The monoisotopic (exact) mass is 281 g/mol. The van der Waals surface area contributed by atoms with Crippen LogP contribution in [0.4, 0.5) is 0 Å². The molecule has 1 atom stereocenters. The first kappa shape index (κ1) is 15.8. The molecule has 112 valence electrons. The Morgan fingerprint density at radius 2 is 1.76 bits per heavy atom. The Labute approximate surface area is 129 Å². The summed E-state index contributed by atoms with van der Waals surface area (Å²) in [5.41, 5.74) is 7.15. The number of rotatable bonds is 3. The van der Waals surface area contributed by atoms with Crippen molar-refractivity contribution in [3.8, 4) is 0 Å². The Morgan fingerprint density at radius 3 is 2.33 bits per heavy atom. The fraction of sp³-hybridized carbons (Fsp3) is 0.450. The van der Waals surface area contributed by atoms with Crippen molar-refractivity contribution in [3.63, 3.8) is 0 Å². The molecule has 1 nitrogen and oxygen atoms in total. The fourth-order valence-corrected chi connectivity index (χ4v) is 2.81. The zero-order chi connectivity index (χ0) is 15.6. The Morgan fingerprint density at radius 1 is 1.10 bits per heavy atom. The van der Waals surface area contributed by atoms with Crippen LogP contribution in [-0.4, -0.2) is 11.8 Å². The Bertz CT molecular complexity index is 609. The molecule has 21 heavy (non-hydrogen) atoms. The number of aliphatic imine (C=N–C) groups is 1. The molecule has 1 aromatic carbocycles. The first-order valence-corrected chi connectivity index (χ1v) is 7.77. The third-order valence-electron chi connectivity index (χ3n) is 4.25. The van der Waals surface area contributed by atoms with E-state index in [9.17, 15) is 0 Å². The summed E-state index contributed by atoms with van der Waals surface area (Å²) in [5.74, 6) is 0.434. The van der Waals surface area contributed by atoms with Gasteiger partial charge >= 0.3 is 0 Å². The second kappa shape index (κ2) is 6.01. The standard InChI is InChI=1S/C20H27N/c1-14-13-19(16(3)15(14)2)18-10-8-7-9-17(18)11-12-21-20(4,5)6/h7-10,12-13,19H,11H2,1-6H3. The summed E-state index contributed by atoms with van der Waals surface area (Å²) in [6.07, 6.45) is 5.36.